The monoisotopic (exact) mass is 436 g/mol. The number of hydrogen-bond acceptors (Lipinski definition) is 4. The molecule has 3 aromatic rings. The molecule has 1 aliphatic rings. The Morgan fingerprint density at radius 1 is 0.969 bits per heavy atom. The Bertz CT molecular complexity index is 1130. The molecule has 2 aromatic carbocycles. The summed E-state index contributed by atoms with van der Waals surface area (Å²) < 4.78 is 27.8. The van der Waals surface area contributed by atoms with Crippen molar-refractivity contribution in [1.29, 1.82) is 0 Å². The topological polar surface area (TPSA) is 49.3 Å². The van der Waals surface area contributed by atoms with E-state index >= 15 is 0 Å². The largest absolute Gasteiger partial charge is 0.354 e. The lowest BCUT2D eigenvalue weighted by Crippen LogP contribution is -2.36. The fourth-order valence-corrected chi connectivity index (χ4v) is 4.17. The number of anilines is 1. The fraction of sp³-hybridized carbons (Fsp3) is 0.320. The molecule has 1 aliphatic heterocycles. The quantitative estimate of drug-likeness (QED) is 0.611. The maximum Gasteiger partial charge on any atom is 0.256 e. The van der Waals surface area contributed by atoms with Crippen LogP contribution in [-0.2, 0) is 6.42 Å². The van der Waals surface area contributed by atoms with E-state index in [4.69, 9.17) is 4.98 Å². The highest BCUT2D eigenvalue weighted by molar-refractivity contribution is 5.94. The fourth-order valence-electron chi connectivity index (χ4n) is 4.17. The highest BCUT2D eigenvalue weighted by Crippen LogP contribution is 2.26. The highest BCUT2D eigenvalue weighted by atomic mass is 19.1. The van der Waals surface area contributed by atoms with Gasteiger partial charge in [-0.2, -0.15) is 0 Å². The van der Waals surface area contributed by atoms with Crippen molar-refractivity contribution in [2.45, 2.75) is 26.7 Å². The van der Waals surface area contributed by atoms with Gasteiger partial charge in [0.1, 0.15) is 23.3 Å². The summed E-state index contributed by atoms with van der Waals surface area (Å²) in [5.41, 5.74) is 2.77. The van der Waals surface area contributed by atoms with Crippen LogP contribution >= 0.6 is 0 Å². The lowest BCUT2D eigenvalue weighted by molar-refractivity contribution is 0.0762. The van der Waals surface area contributed by atoms with Gasteiger partial charge in [0.05, 0.1) is 5.56 Å². The third-order valence-electron chi connectivity index (χ3n) is 5.76. The van der Waals surface area contributed by atoms with Crippen LogP contribution in [0.15, 0.2) is 48.5 Å². The molecule has 166 valence electrons. The molecule has 0 aliphatic carbocycles. The number of rotatable bonds is 4. The normalized spacial score (nSPS) is 14.4. The summed E-state index contributed by atoms with van der Waals surface area (Å²) in [5.74, 6) is 0.424. The van der Waals surface area contributed by atoms with Gasteiger partial charge in [0.25, 0.3) is 5.91 Å². The third kappa shape index (κ3) is 4.77. The number of halogens is 2. The number of amides is 1. The number of carbonyl (C=O) groups is 1. The molecule has 0 saturated carbocycles. The minimum Gasteiger partial charge on any atom is -0.354 e. The average molecular weight is 437 g/mol. The molecule has 1 fully saturated rings. The van der Waals surface area contributed by atoms with Gasteiger partial charge in [-0.25, -0.2) is 18.7 Å². The zero-order valence-corrected chi connectivity index (χ0v) is 18.3. The second-order valence-electron chi connectivity index (χ2n) is 8.08. The van der Waals surface area contributed by atoms with Crippen LogP contribution in [0.2, 0.25) is 0 Å². The van der Waals surface area contributed by atoms with E-state index in [0.717, 1.165) is 29.1 Å². The Balaban J connectivity index is 1.57. The molecule has 0 spiro atoms. The number of hydrogen-bond donors (Lipinski definition) is 0. The summed E-state index contributed by atoms with van der Waals surface area (Å²) in [6.07, 6.45) is 1.26. The van der Waals surface area contributed by atoms with Crippen LogP contribution in [0, 0.1) is 25.5 Å². The van der Waals surface area contributed by atoms with Crippen LogP contribution in [0.3, 0.4) is 0 Å². The van der Waals surface area contributed by atoms with E-state index < -0.39 is 5.82 Å². The molecule has 0 N–H and O–H groups in total. The molecule has 7 heteroatoms. The van der Waals surface area contributed by atoms with E-state index in [9.17, 15) is 13.6 Å². The second kappa shape index (κ2) is 9.42. The first-order valence-electron chi connectivity index (χ1n) is 10.8. The van der Waals surface area contributed by atoms with Crippen molar-refractivity contribution in [2.24, 2.45) is 0 Å². The summed E-state index contributed by atoms with van der Waals surface area (Å²) in [6, 6.07) is 12.6. The van der Waals surface area contributed by atoms with Crippen molar-refractivity contribution in [1.82, 2.24) is 14.9 Å². The van der Waals surface area contributed by atoms with Gasteiger partial charge in [-0.3, -0.25) is 4.79 Å². The predicted molar refractivity (Wildman–Crippen MR) is 120 cm³/mol. The molecule has 0 bridgehead atoms. The number of nitrogens with zero attached hydrogens (tertiary/aromatic N) is 4. The molecule has 2 heterocycles. The lowest BCUT2D eigenvalue weighted by atomic mass is 10.0. The van der Waals surface area contributed by atoms with Gasteiger partial charge in [0, 0.05) is 43.9 Å². The molecule has 0 radical (unpaired) electrons. The predicted octanol–water partition coefficient (Wildman–Crippen LogP) is 4.31. The first-order chi connectivity index (χ1) is 15.4. The molecule has 0 unspecified atom stereocenters. The van der Waals surface area contributed by atoms with E-state index in [-0.39, 0.29) is 17.3 Å². The lowest BCUT2D eigenvalue weighted by Gasteiger charge is -2.26. The van der Waals surface area contributed by atoms with Crippen LogP contribution in [0.1, 0.15) is 39.4 Å². The minimum absolute atomic E-state index is 0.0986. The Hall–Kier alpha value is -3.35. The number of aryl methyl sites for hydroxylation is 2. The standard InChI is InChI=1S/C25H26F2N4O/c1-17-22(16-19-7-5-8-20(26)15-19)24(29-18(2)28-17)30-11-6-12-31(14-13-30)25(32)21-9-3-4-10-23(21)27/h3-5,7-10,15H,6,11-14,16H2,1-2H3. The molecule has 5 nitrogen and oxygen atoms in total. The first kappa shape index (κ1) is 21.9. The molecular formula is C25H26F2N4O. The van der Waals surface area contributed by atoms with E-state index in [2.05, 4.69) is 9.88 Å². The van der Waals surface area contributed by atoms with Gasteiger partial charge in [0.2, 0.25) is 0 Å². The van der Waals surface area contributed by atoms with Gasteiger partial charge >= 0.3 is 0 Å². The van der Waals surface area contributed by atoms with Crippen molar-refractivity contribution in [2.75, 3.05) is 31.1 Å². The maximum atomic E-state index is 14.1. The van der Waals surface area contributed by atoms with Crippen molar-refractivity contribution in [3.05, 3.63) is 88.4 Å². The third-order valence-corrected chi connectivity index (χ3v) is 5.76. The van der Waals surface area contributed by atoms with Crippen molar-refractivity contribution < 1.29 is 13.6 Å². The molecule has 32 heavy (non-hydrogen) atoms. The Labute approximate surface area is 186 Å². The maximum absolute atomic E-state index is 14.1. The van der Waals surface area contributed by atoms with E-state index in [1.165, 1.54) is 24.3 Å². The van der Waals surface area contributed by atoms with Gasteiger partial charge < -0.3 is 9.80 Å². The number of benzene rings is 2. The summed E-state index contributed by atoms with van der Waals surface area (Å²) in [6.45, 7) is 6.10. The molecule has 0 atom stereocenters. The SMILES string of the molecule is Cc1nc(C)c(Cc2cccc(F)c2)c(N2CCCN(C(=O)c3ccccc3F)CC2)n1. The number of aromatic nitrogens is 2. The van der Waals surface area contributed by atoms with Crippen LogP contribution in [-0.4, -0.2) is 47.0 Å². The Morgan fingerprint density at radius 3 is 2.56 bits per heavy atom. The smallest absolute Gasteiger partial charge is 0.256 e. The highest BCUT2D eigenvalue weighted by Gasteiger charge is 2.25. The molecule has 4 rings (SSSR count). The van der Waals surface area contributed by atoms with Crippen molar-refractivity contribution in [3.8, 4) is 0 Å². The molecule has 1 amide bonds. The van der Waals surface area contributed by atoms with Gasteiger partial charge in [-0.05, 0) is 50.1 Å². The zero-order valence-electron chi connectivity index (χ0n) is 18.3. The van der Waals surface area contributed by atoms with Crippen molar-refractivity contribution >= 4 is 11.7 Å². The van der Waals surface area contributed by atoms with Gasteiger partial charge in [0.15, 0.2) is 0 Å². The Morgan fingerprint density at radius 2 is 1.78 bits per heavy atom. The summed E-state index contributed by atoms with van der Waals surface area (Å²) in [5, 5.41) is 0. The zero-order chi connectivity index (χ0) is 22.7. The summed E-state index contributed by atoms with van der Waals surface area (Å²) in [4.78, 5) is 26.0. The van der Waals surface area contributed by atoms with Gasteiger partial charge in [-0.15, -0.1) is 0 Å². The van der Waals surface area contributed by atoms with Gasteiger partial charge in [-0.1, -0.05) is 24.3 Å². The average Bonchev–Trinajstić information content (AvgIpc) is 3.02. The van der Waals surface area contributed by atoms with Crippen LogP contribution < -0.4 is 4.90 Å². The molecule has 1 aromatic heterocycles. The van der Waals surface area contributed by atoms with E-state index in [1.54, 1.807) is 23.1 Å². The van der Waals surface area contributed by atoms with Crippen LogP contribution in [0.4, 0.5) is 14.6 Å². The van der Waals surface area contributed by atoms with Crippen molar-refractivity contribution in [3.63, 3.8) is 0 Å². The summed E-state index contributed by atoms with van der Waals surface area (Å²) >= 11 is 0. The Kier molecular flexibility index (Phi) is 6.44. The minimum atomic E-state index is -0.502. The van der Waals surface area contributed by atoms with Crippen LogP contribution in [0.25, 0.3) is 0 Å². The van der Waals surface area contributed by atoms with Crippen LogP contribution in [0.5, 0.6) is 0 Å². The summed E-state index contributed by atoms with van der Waals surface area (Å²) in [7, 11) is 0. The molecule has 1 saturated heterocycles. The second-order valence-corrected chi connectivity index (χ2v) is 8.08. The van der Waals surface area contributed by atoms with E-state index in [1.807, 2.05) is 19.9 Å². The number of carbonyl (C=O) groups excluding carboxylic acids is 1. The van der Waals surface area contributed by atoms with E-state index in [0.29, 0.717) is 38.4 Å². The first-order valence-corrected chi connectivity index (χ1v) is 10.8. The molecular weight excluding hydrogens is 410 g/mol.